The SMILES string of the molecule is CCCCC/C=C\C/C=C\CCCCCCCC(=O)[O][Ti](=[O])[O]C(=O)CCCCCCC/C=C\C/C=C\CCCCC. The molecular formula is C36H62O5Ti. The van der Waals surface area contributed by atoms with Crippen molar-refractivity contribution >= 4 is 11.9 Å². The third-order valence-electron chi connectivity index (χ3n) is 7.06. The van der Waals surface area contributed by atoms with Crippen molar-refractivity contribution in [2.24, 2.45) is 0 Å². The monoisotopic (exact) mass is 622 g/mol. The molecule has 240 valence electrons. The Bertz CT molecular complexity index is 707. The summed E-state index contributed by atoms with van der Waals surface area (Å²) in [4.78, 5) is 23.8. The van der Waals surface area contributed by atoms with E-state index in [2.05, 4.69) is 62.5 Å². The Balaban J connectivity index is 3.55. The van der Waals surface area contributed by atoms with Crippen molar-refractivity contribution < 1.29 is 38.2 Å². The van der Waals surface area contributed by atoms with Gasteiger partial charge in [-0.3, -0.25) is 0 Å². The van der Waals surface area contributed by atoms with Gasteiger partial charge in [-0.1, -0.05) is 63.8 Å². The second-order valence-electron chi connectivity index (χ2n) is 11.2. The maximum absolute atomic E-state index is 11.9. The Morgan fingerprint density at radius 3 is 1.12 bits per heavy atom. The Hall–Kier alpha value is -1.59. The van der Waals surface area contributed by atoms with Crippen LogP contribution in [-0.2, 0) is 38.2 Å². The van der Waals surface area contributed by atoms with Crippen molar-refractivity contribution in [2.45, 2.75) is 168 Å². The van der Waals surface area contributed by atoms with E-state index < -0.39 is 30.6 Å². The molecule has 0 aromatic heterocycles. The molecule has 0 fully saturated rings. The first-order valence-electron chi connectivity index (χ1n) is 17.1. The van der Waals surface area contributed by atoms with Gasteiger partial charge >= 0.3 is 177 Å². The molecule has 0 rings (SSSR count). The fraction of sp³-hybridized carbons (Fsp3) is 0.722. The van der Waals surface area contributed by atoms with E-state index in [0.717, 1.165) is 77.0 Å². The molecule has 0 spiro atoms. The van der Waals surface area contributed by atoms with Gasteiger partial charge < -0.3 is 0 Å². The van der Waals surface area contributed by atoms with E-state index in [1.165, 1.54) is 51.4 Å². The molecule has 6 heteroatoms. The summed E-state index contributed by atoms with van der Waals surface area (Å²) in [7, 11) is 0. The van der Waals surface area contributed by atoms with Gasteiger partial charge in [0.2, 0.25) is 0 Å². The molecule has 5 nitrogen and oxygen atoms in total. The molecule has 0 amide bonds. The van der Waals surface area contributed by atoms with Crippen LogP contribution in [0.2, 0.25) is 0 Å². The van der Waals surface area contributed by atoms with Crippen LogP contribution in [-0.4, -0.2) is 11.9 Å². The Kier molecular flexibility index (Phi) is 32.6. The van der Waals surface area contributed by atoms with Crippen LogP contribution in [0, 0.1) is 0 Å². The minimum atomic E-state index is -3.77. The van der Waals surface area contributed by atoms with Crippen LogP contribution >= 0.6 is 0 Å². The fourth-order valence-corrected chi connectivity index (χ4v) is 5.43. The van der Waals surface area contributed by atoms with E-state index in [9.17, 15) is 12.9 Å². The van der Waals surface area contributed by atoms with Crippen LogP contribution in [0.5, 0.6) is 0 Å². The molecule has 0 aromatic rings. The standard InChI is InChI=1S/2C18H32O2.O.Ti/c2*1-2-3-4-5-6-7-8-9-10-11-12-13-14-15-16-17-18(19)20;;/h2*6-7,9-10H,2-5,8,11-17H2,1H3,(H,19,20);;/q;;;+2/p-2/b2*7-6-,10-9-;;. The summed E-state index contributed by atoms with van der Waals surface area (Å²) >= 11 is -3.77. The number of unbranched alkanes of at least 4 members (excludes halogenated alkanes) is 16. The number of hydrogen-bond donors (Lipinski definition) is 0. The minimum absolute atomic E-state index is 0.228. The number of allylic oxidation sites excluding steroid dienone is 8. The predicted molar refractivity (Wildman–Crippen MR) is 172 cm³/mol. The summed E-state index contributed by atoms with van der Waals surface area (Å²) < 4.78 is 21.7. The molecule has 0 heterocycles. The van der Waals surface area contributed by atoms with Gasteiger partial charge in [-0.05, 0) is 25.7 Å². The molecule has 0 aliphatic rings. The third-order valence-corrected chi connectivity index (χ3v) is 8.29. The maximum atomic E-state index is 11.9. The molecule has 0 saturated carbocycles. The van der Waals surface area contributed by atoms with Crippen molar-refractivity contribution in [3.63, 3.8) is 0 Å². The smallest absolute Gasteiger partial charge is 0.0882 e. The molecule has 0 N–H and O–H groups in total. The third kappa shape index (κ3) is 32.9. The van der Waals surface area contributed by atoms with Gasteiger partial charge in [-0.15, -0.1) is 0 Å². The summed E-state index contributed by atoms with van der Waals surface area (Å²) in [5.41, 5.74) is 0. The van der Waals surface area contributed by atoms with E-state index in [4.69, 9.17) is 6.64 Å². The second kappa shape index (κ2) is 33.9. The fourth-order valence-electron chi connectivity index (χ4n) is 4.47. The van der Waals surface area contributed by atoms with Gasteiger partial charge in [-0.2, -0.15) is 0 Å². The predicted octanol–water partition coefficient (Wildman–Crippen LogP) is 11.5. The van der Waals surface area contributed by atoms with Crippen LogP contribution < -0.4 is 0 Å². The van der Waals surface area contributed by atoms with E-state index in [1.54, 1.807) is 0 Å². The van der Waals surface area contributed by atoms with Crippen LogP contribution in [0.15, 0.2) is 48.6 Å². The zero-order chi connectivity index (χ0) is 30.8. The van der Waals surface area contributed by atoms with Crippen molar-refractivity contribution in [2.75, 3.05) is 0 Å². The molecule has 0 aliphatic heterocycles. The molecule has 0 saturated heterocycles. The molecule has 0 bridgehead atoms. The summed E-state index contributed by atoms with van der Waals surface area (Å²) in [6.07, 6.45) is 42.9. The van der Waals surface area contributed by atoms with Gasteiger partial charge in [0.15, 0.2) is 0 Å². The zero-order valence-electron chi connectivity index (χ0n) is 27.1. The Labute approximate surface area is 265 Å². The quantitative estimate of drug-likeness (QED) is 0.0453. The summed E-state index contributed by atoms with van der Waals surface area (Å²) in [6.45, 7) is 4.46. The molecule has 0 aliphatic carbocycles. The normalized spacial score (nSPS) is 11.9. The number of carbonyl (C=O) groups excluding carboxylic acids is 2. The number of hydrogen-bond acceptors (Lipinski definition) is 5. The number of rotatable bonds is 30. The molecule has 0 atom stereocenters. The van der Waals surface area contributed by atoms with E-state index >= 15 is 0 Å². The van der Waals surface area contributed by atoms with Gasteiger partial charge in [-0.25, -0.2) is 0 Å². The van der Waals surface area contributed by atoms with Crippen molar-refractivity contribution in [3.8, 4) is 0 Å². The van der Waals surface area contributed by atoms with Crippen molar-refractivity contribution in [1.82, 2.24) is 0 Å². The van der Waals surface area contributed by atoms with E-state index in [0.29, 0.717) is 12.8 Å². The average Bonchev–Trinajstić information content (AvgIpc) is 2.97. The summed E-state index contributed by atoms with van der Waals surface area (Å²) in [6, 6.07) is 0. The Morgan fingerprint density at radius 2 is 0.762 bits per heavy atom. The van der Waals surface area contributed by atoms with Gasteiger partial charge in [0, 0.05) is 0 Å². The molecule has 0 aromatic carbocycles. The first-order chi connectivity index (χ1) is 20.6. The molecule has 0 radical (unpaired) electrons. The van der Waals surface area contributed by atoms with E-state index in [1.807, 2.05) is 0 Å². The van der Waals surface area contributed by atoms with Crippen LogP contribution in [0.1, 0.15) is 168 Å². The van der Waals surface area contributed by atoms with E-state index in [-0.39, 0.29) is 12.8 Å². The first-order valence-corrected chi connectivity index (χ1v) is 19.1. The van der Waals surface area contributed by atoms with Crippen LogP contribution in [0.25, 0.3) is 0 Å². The molecule has 0 unspecified atom stereocenters. The van der Waals surface area contributed by atoms with Crippen LogP contribution in [0.4, 0.5) is 0 Å². The Morgan fingerprint density at radius 1 is 0.452 bits per heavy atom. The molecular weight excluding hydrogens is 560 g/mol. The zero-order valence-corrected chi connectivity index (χ0v) is 28.7. The molecule has 42 heavy (non-hydrogen) atoms. The van der Waals surface area contributed by atoms with Gasteiger partial charge in [0.05, 0.1) is 0 Å². The summed E-state index contributed by atoms with van der Waals surface area (Å²) in [5.74, 6) is -1.04. The topological polar surface area (TPSA) is 69.7 Å². The van der Waals surface area contributed by atoms with Crippen molar-refractivity contribution in [3.05, 3.63) is 48.6 Å². The van der Waals surface area contributed by atoms with Crippen molar-refractivity contribution in [1.29, 1.82) is 0 Å². The van der Waals surface area contributed by atoms with Gasteiger partial charge in [0.25, 0.3) is 0 Å². The van der Waals surface area contributed by atoms with Gasteiger partial charge in [0.1, 0.15) is 0 Å². The second-order valence-corrected chi connectivity index (χ2v) is 12.6. The first kappa shape index (κ1) is 40.4. The summed E-state index contributed by atoms with van der Waals surface area (Å²) in [5, 5.41) is 0. The minimum Gasteiger partial charge on any atom is -0.0882 e. The number of carbonyl (C=O) groups is 2. The average molecular weight is 623 g/mol. The van der Waals surface area contributed by atoms with Crippen LogP contribution in [0.3, 0.4) is 0 Å².